The fourth-order valence-electron chi connectivity index (χ4n) is 3.70. The maximum Gasteiger partial charge on any atom is 0.422 e. The number of hydrogen-bond donors (Lipinski definition) is 0. The Morgan fingerprint density at radius 3 is 1.65 bits per heavy atom. The molecule has 3 aromatic carbocycles. The van der Waals surface area contributed by atoms with Gasteiger partial charge in [-0.25, -0.2) is 4.79 Å². The van der Waals surface area contributed by atoms with Crippen LogP contribution in [0.2, 0.25) is 0 Å². The van der Waals surface area contributed by atoms with Crippen LogP contribution in [0, 0.1) is 23.7 Å². The molecule has 224 valence electrons. The van der Waals surface area contributed by atoms with Crippen LogP contribution in [0.15, 0.2) is 78.9 Å². The zero-order valence-corrected chi connectivity index (χ0v) is 24.5. The summed E-state index contributed by atoms with van der Waals surface area (Å²) >= 11 is 0. The first-order valence-corrected chi connectivity index (χ1v) is 14.3. The topological polar surface area (TPSA) is 44.8 Å². The number of alkyl halides is 3. The lowest BCUT2D eigenvalue weighted by Crippen LogP contribution is -2.23. The summed E-state index contributed by atoms with van der Waals surface area (Å²) in [5, 5.41) is 0. The van der Waals surface area contributed by atoms with Gasteiger partial charge in [-0.05, 0) is 79.6 Å². The summed E-state index contributed by atoms with van der Waals surface area (Å²) in [6, 6.07) is 19.0. The van der Waals surface area contributed by atoms with Crippen molar-refractivity contribution in [3.05, 3.63) is 101 Å². The molecule has 3 rings (SSSR count). The van der Waals surface area contributed by atoms with Crippen molar-refractivity contribution in [3.8, 4) is 40.9 Å². The highest BCUT2D eigenvalue weighted by Gasteiger charge is 2.38. The molecule has 0 aliphatic rings. The minimum Gasteiger partial charge on any atom is -0.494 e. The SMILES string of the molecule is C=C(C(=O)Oc1cc(C#Cc2ccc(OCCCCC)cc2)ccc1C#Cc1ccc(OCCCCC)cc1)C(F)(F)F. The average Bonchev–Trinajstić information content (AvgIpc) is 3.00. The summed E-state index contributed by atoms with van der Waals surface area (Å²) in [7, 11) is 0. The van der Waals surface area contributed by atoms with E-state index in [1.807, 2.05) is 24.3 Å². The molecule has 0 heterocycles. The molecule has 0 spiro atoms. The Balaban J connectivity index is 1.80. The van der Waals surface area contributed by atoms with Crippen molar-refractivity contribution in [3.63, 3.8) is 0 Å². The molecule has 0 fully saturated rings. The van der Waals surface area contributed by atoms with Gasteiger partial charge >= 0.3 is 12.1 Å². The van der Waals surface area contributed by atoms with Crippen LogP contribution in [0.5, 0.6) is 17.2 Å². The van der Waals surface area contributed by atoms with E-state index in [-0.39, 0.29) is 11.3 Å². The Labute approximate surface area is 251 Å². The van der Waals surface area contributed by atoms with E-state index >= 15 is 0 Å². The molecule has 3 aromatic rings. The standard InChI is InChI=1S/C36H35F3O4/c1-4-6-8-24-41-32-20-14-28(15-21-32)10-11-30-13-19-31(34(26-30)43-35(40)27(3)36(37,38)39)18-12-29-16-22-33(23-17-29)42-25-9-7-5-2/h13-17,19-23,26H,3-9,24-25H2,1-2H3. The minimum atomic E-state index is -4.92. The smallest absolute Gasteiger partial charge is 0.422 e. The number of rotatable bonds is 12. The second-order valence-corrected chi connectivity index (χ2v) is 9.74. The third-order valence-electron chi connectivity index (χ3n) is 6.21. The van der Waals surface area contributed by atoms with E-state index in [4.69, 9.17) is 14.2 Å². The predicted octanol–water partition coefficient (Wildman–Crippen LogP) is 8.65. The van der Waals surface area contributed by atoms with Gasteiger partial charge in [-0.1, -0.05) is 69.8 Å². The van der Waals surface area contributed by atoms with Crippen LogP contribution in [0.4, 0.5) is 13.2 Å². The van der Waals surface area contributed by atoms with Gasteiger partial charge in [0.05, 0.1) is 18.8 Å². The fraction of sp³-hybridized carbons (Fsp3) is 0.306. The molecular weight excluding hydrogens is 553 g/mol. The van der Waals surface area contributed by atoms with Gasteiger partial charge in [-0.3, -0.25) is 0 Å². The fourth-order valence-corrected chi connectivity index (χ4v) is 3.70. The van der Waals surface area contributed by atoms with Crippen molar-refractivity contribution in [1.29, 1.82) is 0 Å². The van der Waals surface area contributed by atoms with Gasteiger partial charge in [-0.2, -0.15) is 13.2 Å². The molecule has 0 aliphatic carbocycles. The molecule has 0 bridgehead atoms. The Morgan fingerprint density at radius 1 is 0.698 bits per heavy atom. The summed E-state index contributed by atoms with van der Waals surface area (Å²) in [5.74, 6) is 11.5. The van der Waals surface area contributed by atoms with Crippen LogP contribution in [0.25, 0.3) is 0 Å². The average molecular weight is 589 g/mol. The molecule has 43 heavy (non-hydrogen) atoms. The summed E-state index contributed by atoms with van der Waals surface area (Å²) < 4.78 is 55.7. The van der Waals surface area contributed by atoms with Gasteiger partial charge in [0.25, 0.3) is 0 Å². The zero-order chi connectivity index (χ0) is 31.1. The first-order chi connectivity index (χ1) is 20.7. The van der Waals surface area contributed by atoms with Crippen molar-refractivity contribution < 1.29 is 32.2 Å². The monoisotopic (exact) mass is 588 g/mol. The van der Waals surface area contributed by atoms with Crippen molar-refractivity contribution in [2.45, 2.75) is 58.5 Å². The summed E-state index contributed by atoms with van der Waals surface area (Å²) in [4.78, 5) is 12.2. The Morgan fingerprint density at radius 2 is 1.16 bits per heavy atom. The van der Waals surface area contributed by atoms with Crippen molar-refractivity contribution in [2.75, 3.05) is 13.2 Å². The van der Waals surface area contributed by atoms with E-state index in [1.54, 1.807) is 36.4 Å². The van der Waals surface area contributed by atoms with E-state index in [2.05, 4.69) is 44.1 Å². The highest BCUT2D eigenvalue weighted by molar-refractivity contribution is 5.91. The second kappa shape index (κ2) is 16.7. The molecule has 0 radical (unpaired) electrons. The molecule has 0 amide bonds. The molecule has 0 atom stereocenters. The molecule has 0 unspecified atom stereocenters. The van der Waals surface area contributed by atoms with Gasteiger partial charge < -0.3 is 14.2 Å². The summed E-state index contributed by atoms with van der Waals surface area (Å²) in [6.07, 6.45) is 1.47. The van der Waals surface area contributed by atoms with Gasteiger partial charge in [-0.15, -0.1) is 0 Å². The maximum absolute atomic E-state index is 13.1. The van der Waals surface area contributed by atoms with Crippen molar-refractivity contribution in [2.24, 2.45) is 0 Å². The first-order valence-electron chi connectivity index (χ1n) is 14.3. The molecule has 0 aromatic heterocycles. The van der Waals surface area contributed by atoms with Crippen molar-refractivity contribution in [1.82, 2.24) is 0 Å². The molecule has 4 nitrogen and oxygen atoms in total. The van der Waals surface area contributed by atoms with Gasteiger partial charge in [0.1, 0.15) is 22.8 Å². The van der Waals surface area contributed by atoms with Gasteiger partial charge in [0.15, 0.2) is 0 Å². The summed E-state index contributed by atoms with van der Waals surface area (Å²) in [6.45, 7) is 8.37. The lowest BCUT2D eigenvalue weighted by Gasteiger charge is -2.11. The Kier molecular flexibility index (Phi) is 12.8. The molecular formula is C36H35F3O4. The third kappa shape index (κ3) is 11.3. The summed E-state index contributed by atoms with van der Waals surface area (Å²) in [5.41, 5.74) is 0.398. The first kappa shape index (κ1) is 32.9. The molecule has 0 N–H and O–H groups in total. The Bertz CT molecular complexity index is 1480. The van der Waals surface area contributed by atoms with Gasteiger partial charge in [0.2, 0.25) is 0 Å². The van der Waals surface area contributed by atoms with Crippen LogP contribution in [0.3, 0.4) is 0 Å². The van der Waals surface area contributed by atoms with Crippen LogP contribution in [-0.2, 0) is 4.79 Å². The van der Waals surface area contributed by atoms with E-state index in [0.717, 1.165) is 50.0 Å². The maximum atomic E-state index is 13.1. The molecule has 0 saturated carbocycles. The number of carbonyl (C=O) groups is 1. The van der Waals surface area contributed by atoms with E-state index in [0.29, 0.717) is 29.9 Å². The van der Waals surface area contributed by atoms with Gasteiger partial charge in [0, 0.05) is 16.7 Å². The number of hydrogen-bond acceptors (Lipinski definition) is 4. The minimum absolute atomic E-state index is 0.151. The van der Waals surface area contributed by atoms with Crippen LogP contribution in [0.1, 0.15) is 74.6 Å². The zero-order valence-electron chi connectivity index (χ0n) is 24.5. The normalized spacial score (nSPS) is 10.5. The highest BCUT2D eigenvalue weighted by Crippen LogP contribution is 2.27. The third-order valence-corrected chi connectivity index (χ3v) is 6.21. The predicted molar refractivity (Wildman–Crippen MR) is 162 cm³/mol. The number of halogens is 3. The molecule has 0 aliphatic heterocycles. The quantitative estimate of drug-likeness (QED) is 0.0699. The molecule has 0 saturated heterocycles. The van der Waals surface area contributed by atoms with E-state index in [9.17, 15) is 18.0 Å². The van der Waals surface area contributed by atoms with Crippen LogP contribution in [-0.4, -0.2) is 25.4 Å². The van der Waals surface area contributed by atoms with Crippen LogP contribution < -0.4 is 14.2 Å². The molecule has 7 heteroatoms. The van der Waals surface area contributed by atoms with E-state index in [1.165, 1.54) is 6.07 Å². The number of carbonyl (C=O) groups excluding carboxylic acids is 1. The second-order valence-electron chi connectivity index (χ2n) is 9.74. The number of ether oxygens (including phenoxy) is 3. The number of esters is 1. The number of unbranched alkanes of at least 4 members (excludes halogenated alkanes) is 4. The Hall–Kier alpha value is -4.62. The number of benzene rings is 3. The largest absolute Gasteiger partial charge is 0.494 e. The van der Waals surface area contributed by atoms with Crippen molar-refractivity contribution >= 4 is 5.97 Å². The van der Waals surface area contributed by atoms with Crippen LogP contribution >= 0.6 is 0 Å². The lowest BCUT2D eigenvalue weighted by atomic mass is 10.1. The lowest BCUT2D eigenvalue weighted by molar-refractivity contribution is -0.142. The highest BCUT2D eigenvalue weighted by atomic mass is 19.4. The van der Waals surface area contributed by atoms with E-state index < -0.39 is 17.7 Å².